The van der Waals surface area contributed by atoms with Crippen LogP contribution < -0.4 is 4.72 Å². The molecule has 1 aliphatic carbocycles. The van der Waals surface area contributed by atoms with Gasteiger partial charge in [-0.05, 0) is 47.0 Å². The lowest BCUT2D eigenvalue weighted by Crippen LogP contribution is -2.32. The van der Waals surface area contributed by atoms with Crippen LogP contribution in [-0.2, 0) is 21.6 Å². The van der Waals surface area contributed by atoms with Crippen molar-refractivity contribution in [3.8, 4) is 0 Å². The van der Waals surface area contributed by atoms with Gasteiger partial charge in [0, 0.05) is 16.9 Å². The maximum absolute atomic E-state index is 12.7. The number of aromatic nitrogens is 2. The van der Waals surface area contributed by atoms with Crippen LogP contribution in [0.1, 0.15) is 50.0 Å². The molecule has 27 heavy (non-hydrogen) atoms. The standard InChI is InChI=1S/C16H17BrF3N3O3S/c1-9(2)13-22-23-14(26-13)15(5-6-15)8-21-27(24,25)12-4-3-10(7-11(12)17)16(18,19)20/h3-4,7,9,21H,5-6,8H2,1-2H3. The van der Waals surface area contributed by atoms with Gasteiger partial charge in [-0.1, -0.05) is 13.8 Å². The Morgan fingerprint density at radius 1 is 1.30 bits per heavy atom. The summed E-state index contributed by atoms with van der Waals surface area (Å²) < 4.78 is 71.2. The molecular weight excluding hydrogens is 451 g/mol. The van der Waals surface area contributed by atoms with E-state index in [1.807, 2.05) is 13.8 Å². The van der Waals surface area contributed by atoms with Gasteiger partial charge in [0.05, 0.1) is 15.9 Å². The summed E-state index contributed by atoms with van der Waals surface area (Å²) in [6.45, 7) is 3.84. The minimum atomic E-state index is -4.55. The number of hydrogen-bond acceptors (Lipinski definition) is 5. The van der Waals surface area contributed by atoms with E-state index in [9.17, 15) is 21.6 Å². The largest absolute Gasteiger partial charge is 0.424 e. The van der Waals surface area contributed by atoms with Gasteiger partial charge in [-0.3, -0.25) is 0 Å². The molecular formula is C16H17BrF3N3O3S. The number of halogens is 4. The molecule has 11 heteroatoms. The van der Waals surface area contributed by atoms with E-state index in [1.165, 1.54) is 0 Å². The summed E-state index contributed by atoms with van der Waals surface area (Å²) in [6.07, 6.45) is -3.19. The van der Waals surface area contributed by atoms with Gasteiger partial charge in [0.15, 0.2) is 0 Å². The van der Waals surface area contributed by atoms with E-state index in [4.69, 9.17) is 4.42 Å². The third kappa shape index (κ3) is 4.19. The SMILES string of the molecule is CC(C)c1nnc(C2(CNS(=O)(=O)c3ccc(C(F)(F)F)cc3Br)CC2)o1. The van der Waals surface area contributed by atoms with Crippen LogP contribution in [0.15, 0.2) is 32.0 Å². The van der Waals surface area contributed by atoms with Crippen LogP contribution in [0.2, 0.25) is 0 Å². The van der Waals surface area contributed by atoms with Gasteiger partial charge in [0.25, 0.3) is 0 Å². The second kappa shape index (κ2) is 6.85. The highest BCUT2D eigenvalue weighted by Gasteiger charge is 2.50. The van der Waals surface area contributed by atoms with Crippen molar-refractivity contribution in [1.29, 1.82) is 0 Å². The molecule has 0 bridgehead atoms. The average molecular weight is 468 g/mol. The summed E-state index contributed by atoms with van der Waals surface area (Å²) in [5, 5.41) is 7.98. The molecule has 1 aromatic carbocycles. The number of alkyl halides is 3. The van der Waals surface area contributed by atoms with E-state index in [0.29, 0.717) is 24.6 Å². The maximum atomic E-state index is 12.7. The van der Waals surface area contributed by atoms with Crippen LogP contribution in [0.3, 0.4) is 0 Å². The Bertz CT molecular complexity index is 953. The Labute approximate surface area is 162 Å². The van der Waals surface area contributed by atoms with Crippen LogP contribution in [0.4, 0.5) is 13.2 Å². The predicted octanol–water partition coefficient (Wildman–Crippen LogP) is 3.98. The quantitative estimate of drug-likeness (QED) is 0.694. The van der Waals surface area contributed by atoms with Crippen molar-refractivity contribution >= 4 is 26.0 Å². The first-order valence-electron chi connectivity index (χ1n) is 8.15. The zero-order chi connectivity index (χ0) is 20.0. The van der Waals surface area contributed by atoms with Gasteiger partial charge in [-0.15, -0.1) is 10.2 Å². The van der Waals surface area contributed by atoms with Crippen molar-refractivity contribution in [3.63, 3.8) is 0 Å². The van der Waals surface area contributed by atoms with Gasteiger partial charge in [-0.25, -0.2) is 13.1 Å². The van der Waals surface area contributed by atoms with Crippen molar-refractivity contribution in [2.45, 2.75) is 49.1 Å². The molecule has 1 aliphatic rings. The first-order valence-corrected chi connectivity index (χ1v) is 10.4. The van der Waals surface area contributed by atoms with Gasteiger partial charge >= 0.3 is 6.18 Å². The van der Waals surface area contributed by atoms with E-state index in [-0.39, 0.29) is 21.8 Å². The molecule has 148 valence electrons. The van der Waals surface area contributed by atoms with Crippen molar-refractivity contribution in [2.24, 2.45) is 0 Å². The molecule has 0 unspecified atom stereocenters. The third-order valence-electron chi connectivity index (χ3n) is 4.39. The fourth-order valence-electron chi connectivity index (χ4n) is 2.51. The van der Waals surface area contributed by atoms with Crippen molar-refractivity contribution < 1.29 is 26.0 Å². The molecule has 2 aromatic rings. The highest BCUT2D eigenvalue weighted by Crippen LogP contribution is 2.47. The lowest BCUT2D eigenvalue weighted by atomic mass is 10.1. The van der Waals surface area contributed by atoms with E-state index < -0.39 is 27.2 Å². The minimum absolute atomic E-state index is 0.0303. The average Bonchev–Trinajstić information content (AvgIpc) is 3.18. The fraction of sp³-hybridized carbons (Fsp3) is 0.500. The summed E-state index contributed by atoms with van der Waals surface area (Å²) in [5.74, 6) is 0.909. The van der Waals surface area contributed by atoms with Crippen LogP contribution in [0, 0.1) is 0 Å². The molecule has 0 saturated heterocycles. The number of rotatable bonds is 6. The summed E-state index contributed by atoms with van der Waals surface area (Å²) in [6, 6.07) is 2.41. The lowest BCUT2D eigenvalue weighted by molar-refractivity contribution is -0.137. The van der Waals surface area contributed by atoms with Gasteiger partial charge in [-0.2, -0.15) is 13.2 Å². The Hall–Kier alpha value is -1.46. The Morgan fingerprint density at radius 3 is 2.44 bits per heavy atom. The number of nitrogens with zero attached hydrogens (tertiary/aromatic N) is 2. The normalized spacial score (nSPS) is 16.7. The smallest absolute Gasteiger partial charge is 0.416 e. The molecule has 1 N–H and O–H groups in total. The van der Waals surface area contributed by atoms with Gasteiger partial charge < -0.3 is 4.42 Å². The molecule has 0 radical (unpaired) electrons. The second-order valence-corrected chi connectivity index (χ2v) is 9.44. The molecule has 0 amide bonds. The lowest BCUT2D eigenvalue weighted by Gasteiger charge is -2.14. The van der Waals surface area contributed by atoms with Crippen molar-refractivity contribution in [1.82, 2.24) is 14.9 Å². The Kier molecular flexibility index (Phi) is 5.15. The highest BCUT2D eigenvalue weighted by molar-refractivity contribution is 9.10. The Balaban J connectivity index is 1.77. The van der Waals surface area contributed by atoms with Crippen LogP contribution in [0.25, 0.3) is 0 Å². The van der Waals surface area contributed by atoms with Crippen LogP contribution >= 0.6 is 15.9 Å². The molecule has 1 saturated carbocycles. The van der Waals surface area contributed by atoms with Crippen LogP contribution in [0.5, 0.6) is 0 Å². The minimum Gasteiger partial charge on any atom is -0.424 e. The van der Waals surface area contributed by atoms with E-state index in [0.717, 1.165) is 18.2 Å². The maximum Gasteiger partial charge on any atom is 0.416 e. The highest BCUT2D eigenvalue weighted by atomic mass is 79.9. The van der Waals surface area contributed by atoms with Crippen molar-refractivity contribution in [3.05, 3.63) is 40.0 Å². The van der Waals surface area contributed by atoms with Gasteiger partial charge in [0.1, 0.15) is 0 Å². The Morgan fingerprint density at radius 2 is 1.96 bits per heavy atom. The van der Waals surface area contributed by atoms with E-state index in [1.54, 1.807) is 0 Å². The fourth-order valence-corrected chi connectivity index (χ4v) is 4.71. The zero-order valence-corrected chi connectivity index (χ0v) is 16.9. The summed E-state index contributed by atoms with van der Waals surface area (Å²) in [4.78, 5) is -0.264. The second-order valence-electron chi connectivity index (χ2n) is 6.85. The molecule has 1 fully saturated rings. The van der Waals surface area contributed by atoms with E-state index >= 15 is 0 Å². The number of sulfonamides is 1. The summed E-state index contributed by atoms with van der Waals surface area (Å²) in [5.41, 5.74) is -1.50. The summed E-state index contributed by atoms with van der Waals surface area (Å²) >= 11 is 2.92. The van der Waals surface area contributed by atoms with Crippen molar-refractivity contribution in [2.75, 3.05) is 6.54 Å². The van der Waals surface area contributed by atoms with Crippen LogP contribution in [-0.4, -0.2) is 25.2 Å². The topological polar surface area (TPSA) is 85.1 Å². The first-order chi connectivity index (χ1) is 12.4. The zero-order valence-electron chi connectivity index (χ0n) is 14.5. The number of hydrogen-bond donors (Lipinski definition) is 1. The molecule has 0 aliphatic heterocycles. The number of nitrogens with one attached hydrogen (secondary N) is 1. The molecule has 0 atom stereocenters. The molecule has 6 nitrogen and oxygen atoms in total. The molecule has 0 spiro atoms. The molecule has 1 aromatic heterocycles. The predicted molar refractivity (Wildman–Crippen MR) is 93.6 cm³/mol. The number of benzene rings is 1. The molecule has 1 heterocycles. The third-order valence-corrected chi connectivity index (χ3v) is 6.77. The monoisotopic (exact) mass is 467 g/mol. The van der Waals surface area contributed by atoms with E-state index in [2.05, 4.69) is 30.8 Å². The van der Waals surface area contributed by atoms with Gasteiger partial charge in [0.2, 0.25) is 21.8 Å². The first kappa shape index (κ1) is 20.3. The summed E-state index contributed by atoms with van der Waals surface area (Å²) in [7, 11) is -4.02. The molecule has 3 rings (SSSR count).